The minimum Gasteiger partial charge on any atom is -0.393 e. The molecule has 0 radical (unpaired) electrons. The molecule has 0 unspecified atom stereocenters. The zero-order valence-corrected chi connectivity index (χ0v) is 8.76. The zero-order chi connectivity index (χ0) is 10.8. The van der Waals surface area contributed by atoms with Crippen molar-refractivity contribution >= 4 is 5.91 Å². The van der Waals surface area contributed by atoms with Gasteiger partial charge in [-0.05, 0) is 12.8 Å². The Bertz CT molecular complexity index is 353. The molecule has 5 nitrogen and oxygen atoms in total. The third-order valence-corrected chi connectivity index (χ3v) is 2.70. The Hall–Kier alpha value is -1.36. The second-order valence-electron chi connectivity index (χ2n) is 3.93. The average molecular weight is 209 g/mol. The van der Waals surface area contributed by atoms with Crippen molar-refractivity contribution < 1.29 is 9.90 Å². The molecule has 2 heterocycles. The fraction of sp³-hybridized carbons (Fsp3) is 0.600. The number of hydrogen-bond donors (Lipinski definition) is 1. The van der Waals surface area contributed by atoms with Crippen molar-refractivity contribution in [2.75, 3.05) is 13.1 Å². The molecule has 15 heavy (non-hydrogen) atoms. The molecule has 1 aliphatic heterocycles. The lowest BCUT2D eigenvalue weighted by molar-refractivity contribution is 0.0546. The van der Waals surface area contributed by atoms with E-state index < -0.39 is 0 Å². The molecule has 0 saturated carbocycles. The first-order valence-electron chi connectivity index (χ1n) is 5.13. The van der Waals surface area contributed by atoms with Crippen LogP contribution in [0.15, 0.2) is 12.4 Å². The fourth-order valence-electron chi connectivity index (χ4n) is 1.78. The van der Waals surface area contributed by atoms with Gasteiger partial charge in [0.25, 0.3) is 5.91 Å². The number of hydrogen-bond acceptors (Lipinski definition) is 3. The van der Waals surface area contributed by atoms with Crippen LogP contribution in [0.1, 0.15) is 23.2 Å². The van der Waals surface area contributed by atoms with E-state index in [9.17, 15) is 9.90 Å². The molecule has 1 aromatic rings. The Kier molecular flexibility index (Phi) is 2.73. The van der Waals surface area contributed by atoms with Crippen molar-refractivity contribution in [2.45, 2.75) is 18.9 Å². The summed E-state index contributed by atoms with van der Waals surface area (Å²) in [4.78, 5) is 13.7. The first-order valence-corrected chi connectivity index (χ1v) is 5.13. The molecule has 1 saturated heterocycles. The summed E-state index contributed by atoms with van der Waals surface area (Å²) in [5.41, 5.74) is 0.619. The molecular formula is C10H15N3O2. The van der Waals surface area contributed by atoms with Crippen LogP contribution in [0.5, 0.6) is 0 Å². The Morgan fingerprint density at radius 1 is 1.53 bits per heavy atom. The molecule has 1 aromatic heterocycles. The fourth-order valence-corrected chi connectivity index (χ4v) is 1.78. The number of aliphatic hydroxyl groups is 1. The largest absolute Gasteiger partial charge is 0.393 e. The number of aryl methyl sites for hydroxylation is 1. The van der Waals surface area contributed by atoms with Gasteiger partial charge in [0.05, 0.1) is 17.9 Å². The van der Waals surface area contributed by atoms with Gasteiger partial charge in [-0.1, -0.05) is 0 Å². The van der Waals surface area contributed by atoms with Gasteiger partial charge in [-0.2, -0.15) is 5.10 Å². The lowest BCUT2D eigenvalue weighted by atomic mass is 10.1. The van der Waals surface area contributed by atoms with Crippen LogP contribution < -0.4 is 0 Å². The molecule has 0 spiro atoms. The number of nitrogens with zero attached hydrogens (tertiary/aromatic N) is 3. The minimum absolute atomic E-state index is 0.00926. The molecule has 1 aliphatic rings. The molecule has 0 aliphatic carbocycles. The van der Waals surface area contributed by atoms with E-state index in [-0.39, 0.29) is 12.0 Å². The first-order chi connectivity index (χ1) is 7.16. The summed E-state index contributed by atoms with van der Waals surface area (Å²) in [6.45, 7) is 1.27. The van der Waals surface area contributed by atoms with Crippen LogP contribution in [0.3, 0.4) is 0 Å². The Labute approximate surface area is 88.3 Å². The molecule has 1 N–H and O–H groups in total. The SMILES string of the molecule is Cn1cc(C(=O)N2CCC(O)CC2)cn1. The number of amides is 1. The van der Waals surface area contributed by atoms with Gasteiger partial charge in [-0.3, -0.25) is 9.48 Å². The van der Waals surface area contributed by atoms with Gasteiger partial charge in [0, 0.05) is 26.3 Å². The Morgan fingerprint density at radius 2 is 2.20 bits per heavy atom. The molecule has 2 rings (SSSR count). The topological polar surface area (TPSA) is 58.4 Å². The monoisotopic (exact) mass is 209 g/mol. The maximum absolute atomic E-state index is 11.9. The minimum atomic E-state index is -0.247. The molecule has 1 fully saturated rings. The average Bonchev–Trinajstić information content (AvgIpc) is 2.65. The predicted octanol–water partition coefficient (Wildman–Crippen LogP) is 0.0170. The van der Waals surface area contributed by atoms with Crippen LogP contribution in [0.2, 0.25) is 0 Å². The number of aromatic nitrogens is 2. The summed E-state index contributed by atoms with van der Waals surface area (Å²) >= 11 is 0. The van der Waals surface area contributed by atoms with Crippen LogP contribution in [-0.2, 0) is 7.05 Å². The van der Waals surface area contributed by atoms with Gasteiger partial charge < -0.3 is 10.0 Å². The third-order valence-electron chi connectivity index (χ3n) is 2.70. The highest BCUT2D eigenvalue weighted by Gasteiger charge is 2.22. The highest BCUT2D eigenvalue weighted by molar-refractivity contribution is 5.93. The van der Waals surface area contributed by atoms with Gasteiger partial charge in [0.2, 0.25) is 0 Å². The van der Waals surface area contributed by atoms with Crippen molar-refractivity contribution in [2.24, 2.45) is 7.05 Å². The summed E-state index contributed by atoms with van der Waals surface area (Å²) in [5.74, 6) is 0.00926. The van der Waals surface area contributed by atoms with Gasteiger partial charge in [-0.15, -0.1) is 0 Å². The molecular weight excluding hydrogens is 194 g/mol. The second-order valence-corrected chi connectivity index (χ2v) is 3.93. The maximum atomic E-state index is 11.9. The molecule has 1 amide bonds. The van der Waals surface area contributed by atoms with Gasteiger partial charge in [-0.25, -0.2) is 0 Å². The third kappa shape index (κ3) is 2.18. The quantitative estimate of drug-likeness (QED) is 0.709. The van der Waals surface area contributed by atoms with Crippen molar-refractivity contribution in [3.05, 3.63) is 18.0 Å². The Morgan fingerprint density at radius 3 is 2.73 bits per heavy atom. The first kappa shape index (κ1) is 10.2. The zero-order valence-electron chi connectivity index (χ0n) is 8.76. The number of carbonyl (C=O) groups is 1. The van der Waals surface area contributed by atoms with E-state index in [4.69, 9.17) is 0 Å². The number of aliphatic hydroxyl groups excluding tert-OH is 1. The number of carbonyl (C=O) groups excluding carboxylic acids is 1. The lowest BCUT2D eigenvalue weighted by Crippen LogP contribution is -2.39. The van der Waals surface area contributed by atoms with E-state index in [1.807, 2.05) is 0 Å². The van der Waals surface area contributed by atoms with Crippen LogP contribution in [0, 0.1) is 0 Å². The summed E-state index contributed by atoms with van der Waals surface area (Å²) in [6, 6.07) is 0. The van der Waals surface area contributed by atoms with Crippen molar-refractivity contribution in [3.8, 4) is 0 Å². The second kappa shape index (κ2) is 4.02. The van der Waals surface area contributed by atoms with E-state index in [1.54, 1.807) is 29.0 Å². The predicted molar refractivity (Wildman–Crippen MR) is 54.4 cm³/mol. The molecule has 0 aromatic carbocycles. The summed E-state index contributed by atoms with van der Waals surface area (Å²) in [5, 5.41) is 13.3. The summed E-state index contributed by atoms with van der Waals surface area (Å²) in [7, 11) is 1.79. The summed E-state index contributed by atoms with van der Waals surface area (Å²) < 4.78 is 1.62. The van der Waals surface area contributed by atoms with Gasteiger partial charge in [0.1, 0.15) is 0 Å². The smallest absolute Gasteiger partial charge is 0.257 e. The van der Waals surface area contributed by atoms with Crippen molar-refractivity contribution in [3.63, 3.8) is 0 Å². The number of likely N-dealkylation sites (tertiary alicyclic amines) is 1. The van der Waals surface area contributed by atoms with E-state index in [0.29, 0.717) is 31.5 Å². The van der Waals surface area contributed by atoms with Crippen LogP contribution >= 0.6 is 0 Å². The van der Waals surface area contributed by atoms with Gasteiger partial charge >= 0.3 is 0 Å². The lowest BCUT2D eigenvalue weighted by Gasteiger charge is -2.29. The van der Waals surface area contributed by atoms with Crippen LogP contribution in [0.25, 0.3) is 0 Å². The van der Waals surface area contributed by atoms with E-state index >= 15 is 0 Å². The van der Waals surface area contributed by atoms with Crippen molar-refractivity contribution in [1.29, 1.82) is 0 Å². The van der Waals surface area contributed by atoms with E-state index in [1.165, 1.54) is 0 Å². The molecule has 0 atom stereocenters. The van der Waals surface area contributed by atoms with Gasteiger partial charge in [0.15, 0.2) is 0 Å². The number of rotatable bonds is 1. The highest BCUT2D eigenvalue weighted by Crippen LogP contribution is 2.13. The molecule has 0 bridgehead atoms. The van der Waals surface area contributed by atoms with Crippen LogP contribution in [0.4, 0.5) is 0 Å². The number of piperidine rings is 1. The normalized spacial score (nSPS) is 18.1. The van der Waals surface area contributed by atoms with E-state index in [2.05, 4.69) is 5.10 Å². The van der Waals surface area contributed by atoms with E-state index in [0.717, 1.165) is 0 Å². The molecule has 82 valence electrons. The highest BCUT2D eigenvalue weighted by atomic mass is 16.3. The Balaban J connectivity index is 2.02. The molecule has 5 heteroatoms. The van der Waals surface area contributed by atoms with Crippen LogP contribution in [-0.4, -0.2) is 44.9 Å². The maximum Gasteiger partial charge on any atom is 0.257 e. The summed E-state index contributed by atoms with van der Waals surface area (Å²) in [6.07, 6.45) is 4.39. The van der Waals surface area contributed by atoms with Crippen molar-refractivity contribution in [1.82, 2.24) is 14.7 Å². The standard InChI is InChI=1S/C10H15N3O2/c1-12-7-8(6-11-12)10(15)13-4-2-9(14)3-5-13/h6-7,9,14H,2-5H2,1H3.